The first-order chi connectivity index (χ1) is 8.36. The number of amides is 1. The topological polar surface area (TPSA) is 29.1 Å². The molecule has 0 radical (unpaired) electrons. The van der Waals surface area contributed by atoms with E-state index in [-0.39, 0.29) is 6.54 Å². The zero-order chi connectivity index (χ0) is 13.9. The maximum Gasteiger partial charge on any atom is 0.217 e. The molecule has 2 nitrogen and oxygen atoms in total. The molecule has 1 N–H and O–H groups in total. The molecular weight excluding hydrogens is 257 g/mol. The predicted octanol–water partition coefficient (Wildman–Crippen LogP) is 1.87. The van der Waals surface area contributed by atoms with Crippen molar-refractivity contribution in [3.05, 3.63) is 34.6 Å². The number of benzene rings is 1. The van der Waals surface area contributed by atoms with E-state index in [1.807, 2.05) is 0 Å². The Kier molecular flexibility index (Phi) is 4.26. The highest BCUT2D eigenvalue weighted by atomic mass is 19.2. The highest BCUT2D eigenvalue weighted by molar-refractivity contribution is 5.73. The van der Waals surface area contributed by atoms with E-state index in [0.29, 0.717) is 0 Å². The van der Waals surface area contributed by atoms with E-state index in [4.69, 9.17) is 0 Å². The SMILES string of the molecule is CC(=O)NCC#Cc1c(F)c(F)c(F)c(F)c1F. The first kappa shape index (κ1) is 14.0. The number of carbonyl (C=O) groups excluding carboxylic acids is 1. The summed E-state index contributed by atoms with van der Waals surface area (Å²) in [6.07, 6.45) is 0. The Morgan fingerprint density at radius 1 is 1.00 bits per heavy atom. The molecule has 0 unspecified atom stereocenters. The normalized spacial score (nSPS) is 9.67. The van der Waals surface area contributed by atoms with E-state index in [9.17, 15) is 26.7 Å². The third-order valence-electron chi connectivity index (χ3n) is 1.85. The zero-order valence-corrected chi connectivity index (χ0v) is 9.01. The molecule has 0 aliphatic heterocycles. The summed E-state index contributed by atoms with van der Waals surface area (Å²) in [6, 6.07) is 0. The van der Waals surface area contributed by atoms with Crippen molar-refractivity contribution in [2.45, 2.75) is 6.92 Å². The molecule has 18 heavy (non-hydrogen) atoms. The second-order valence-electron chi connectivity index (χ2n) is 3.16. The van der Waals surface area contributed by atoms with Gasteiger partial charge < -0.3 is 5.32 Å². The molecule has 0 heterocycles. The van der Waals surface area contributed by atoms with Crippen molar-refractivity contribution < 1.29 is 26.7 Å². The molecule has 0 atom stereocenters. The summed E-state index contributed by atoms with van der Waals surface area (Å²) >= 11 is 0. The van der Waals surface area contributed by atoms with Gasteiger partial charge in [0.15, 0.2) is 23.3 Å². The summed E-state index contributed by atoms with van der Waals surface area (Å²) in [5.74, 6) is -6.94. The second-order valence-corrected chi connectivity index (χ2v) is 3.16. The second kappa shape index (κ2) is 5.49. The average Bonchev–Trinajstić information content (AvgIpc) is 2.32. The van der Waals surface area contributed by atoms with Crippen molar-refractivity contribution in [3.63, 3.8) is 0 Å². The Balaban J connectivity index is 3.14. The van der Waals surface area contributed by atoms with Crippen LogP contribution >= 0.6 is 0 Å². The molecule has 0 saturated heterocycles. The molecule has 0 aliphatic rings. The first-order valence-corrected chi connectivity index (χ1v) is 4.61. The van der Waals surface area contributed by atoms with Gasteiger partial charge in [0.25, 0.3) is 0 Å². The van der Waals surface area contributed by atoms with Crippen molar-refractivity contribution in [1.82, 2.24) is 5.32 Å². The van der Waals surface area contributed by atoms with Crippen molar-refractivity contribution in [1.29, 1.82) is 0 Å². The minimum atomic E-state index is -2.24. The Morgan fingerprint density at radius 3 is 1.89 bits per heavy atom. The number of carbonyl (C=O) groups is 1. The van der Waals surface area contributed by atoms with Crippen LogP contribution < -0.4 is 5.32 Å². The fourth-order valence-electron chi connectivity index (χ4n) is 1.02. The Bertz CT molecular complexity index is 530. The van der Waals surface area contributed by atoms with Crippen LogP contribution in [0.2, 0.25) is 0 Å². The average molecular weight is 263 g/mol. The molecule has 1 aromatic rings. The summed E-state index contributed by atoms with van der Waals surface area (Å²) in [4.78, 5) is 10.4. The van der Waals surface area contributed by atoms with Gasteiger partial charge in [0.1, 0.15) is 5.56 Å². The molecule has 0 saturated carbocycles. The van der Waals surface area contributed by atoms with Crippen LogP contribution in [-0.4, -0.2) is 12.5 Å². The van der Waals surface area contributed by atoms with Gasteiger partial charge in [-0.3, -0.25) is 4.79 Å². The summed E-state index contributed by atoms with van der Waals surface area (Å²) in [7, 11) is 0. The van der Waals surface area contributed by atoms with Gasteiger partial charge in [-0.15, -0.1) is 0 Å². The summed E-state index contributed by atoms with van der Waals surface area (Å²) in [5, 5.41) is 2.18. The molecule has 7 heteroatoms. The van der Waals surface area contributed by atoms with Crippen LogP contribution in [0, 0.1) is 40.9 Å². The van der Waals surface area contributed by atoms with Crippen LogP contribution in [0.4, 0.5) is 22.0 Å². The predicted molar refractivity (Wildman–Crippen MR) is 51.8 cm³/mol. The van der Waals surface area contributed by atoms with E-state index >= 15 is 0 Å². The number of hydrogen-bond donors (Lipinski definition) is 1. The number of rotatable bonds is 1. The fourth-order valence-corrected chi connectivity index (χ4v) is 1.02. The molecule has 0 aromatic heterocycles. The van der Waals surface area contributed by atoms with Gasteiger partial charge in [-0.25, -0.2) is 22.0 Å². The lowest BCUT2D eigenvalue weighted by Crippen LogP contribution is -2.19. The lowest BCUT2D eigenvalue weighted by Gasteiger charge is -2.02. The van der Waals surface area contributed by atoms with Crippen molar-refractivity contribution in [2.75, 3.05) is 6.54 Å². The van der Waals surface area contributed by atoms with Crippen molar-refractivity contribution in [3.8, 4) is 11.8 Å². The van der Waals surface area contributed by atoms with Gasteiger partial charge in [0.2, 0.25) is 11.7 Å². The first-order valence-electron chi connectivity index (χ1n) is 4.61. The molecule has 1 rings (SSSR count). The highest BCUT2D eigenvalue weighted by Gasteiger charge is 2.24. The van der Waals surface area contributed by atoms with E-state index in [0.717, 1.165) is 0 Å². The smallest absolute Gasteiger partial charge is 0.217 e. The van der Waals surface area contributed by atoms with E-state index < -0.39 is 40.6 Å². The van der Waals surface area contributed by atoms with E-state index in [1.165, 1.54) is 6.92 Å². The fraction of sp³-hybridized carbons (Fsp3) is 0.182. The summed E-state index contributed by atoms with van der Waals surface area (Å²) in [5.41, 5.74) is -1.23. The lowest BCUT2D eigenvalue weighted by atomic mass is 10.1. The summed E-state index contributed by atoms with van der Waals surface area (Å²) in [6.45, 7) is 0.912. The largest absolute Gasteiger partial charge is 0.345 e. The minimum absolute atomic E-state index is 0.269. The molecule has 1 aromatic carbocycles. The minimum Gasteiger partial charge on any atom is -0.345 e. The zero-order valence-electron chi connectivity index (χ0n) is 9.01. The Labute approximate surface area is 98.8 Å². The highest BCUT2D eigenvalue weighted by Crippen LogP contribution is 2.21. The van der Waals surface area contributed by atoms with Crippen LogP contribution in [0.15, 0.2) is 0 Å². The van der Waals surface area contributed by atoms with E-state index in [2.05, 4.69) is 11.2 Å². The molecule has 96 valence electrons. The van der Waals surface area contributed by atoms with Crippen molar-refractivity contribution >= 4 is 5.91 Å². The monoisotopic (exact) mass is 263 g/mol. The molecular formula is C11H6F5NO. The van der Waals surface area contributed by atoms with Crippen LogP contribution in [0.1, 0.15) is 12.5 Å². The molecule has 0 spiro atoms. The Morgan fingerprint density at radius 2 is 1.44 bits per heavy atom. The third-order valence-corrected chi connectivity index (χ3v) is 1.85. The molecule has 0 aliphatic carbocycles. The Hall–Kier alpha value is -2.10. The lowest BCUT2D eigenvalue weighted by molar-refractivity contribution is -0.118. The van der Waals surface area contributed by atoms with Gasteiger partial charge in [-0.1, -0.05) is 11.8 Å². The van der Waals surface area contributed by atoms with Crippen LogP contribution in [0.5, 0.6) is 0 Å². The van der Waals surface area contributed by atoms with Crippen molar-refractivity contribution in [2.24, 2.45) is 0 Å². The quantitative estimate of drug-likeness (QED) is 0.356. The number of nitrogens with one attached hydrogen (secondary N) is 1. The molecule has 1 amide bonds. The van der Waals surface area contributed by atoms with E-state index in [1.54, 1.807) is 5.92 Å². The van der Waals surface area contributed by atoms with Gasteiger partial charge in [0, 0.05) is 6.92 Å². The third kappa shape index (κ3) is 2.77. The maximum absolute atomic E-state index is 13.1. The summed E-state index contributed by atoms with van der Waals surface area (Å²) < 4.78 is 64.3. The van der Waals surface area contributed by atoms with Crippen LogP contribution in [0.3, 0.4) is 0 Å². The van der Waals surface area contributed by atoms with Gasteiger partial charge in [-0.05, 0) is 0 Å². The van der Waals surface area contributed by atoms with Crippen LogP contribution in [-0.2, 0) is 4.79 Å². The molecule has 0 fully saturated rings. The number of hydrogen-bond acceptors (Lipinski definition) is 1. The maximum atomic E-state index is 13.1. The van der Waals surface area contributed by atoms with Gasteiger partial charge in [-0.2, -0.15) is 0 Å². The van der Waals surface area contributed by atoms with Gasteiger partial charge in [0.05, 0.1) is 6.54 Å². The number of halogens is 5. The van der Waals surface area contributed by atoms with Gasteiger partial charge >= 0.3 is 0 Å². The standard InChI is InChI=1S/C11H6F5NO/c1-5(18)17-4-2-3-6-7(12)9(14)11(16)10(15)8(6)13/h4H2,1H3,(H,17,18). The van der Waals surface area contributed by atoms with Crippen LogP contribution in [0.25, 0.3) is 0 Å². The molecule has 0 bridgehead atoms.